The third-order valence-corrected chi connectivity index (χ3v) is 5.88. The average molecular weight is 370 g/mol. The van der Waals surface area contributed by atoms with E-state index in [1.54, 1.807) is 0 Å². The smallest absolute Gasteiger partial charge is 0.0576 e. The van der Waals surface area contributed by atoms with Gasteiger partial charge in [0, 0.05) is 39.5 Å². The summed E-state index contributed by atoms with van der Waals surface area (Å²) in [4.78, 5) is 7.63. The molecule has 3 aliphatic heterocycles. The molecule has 0 aromatic carbocycles. The van der Waals surface area contributed by atoms with Gasteiger partial charge in [-0.15, -0.1) is 0 Å². The van der Waals surface area contributed by atoms with Gasteiger partial charge in [0.25, 0.3) is 0 Å². The van der Waals surface area contributed by atoms with Crippen molar-refractivity contribution in [2.24, 2.45) is 0 Å². The number of aliphatic hydroxyl groups is 1. The van der Waals surface area contributed by atoms with Crippen LogP contribution in [0.3, 0.4) is 0 Å². The van der Waals surface area contributed by atoms with Gasteiger partial charge in [0.15, 0.2) is 0 Å². The van der Waals surface area contributed by atoms with Crippen LogP contribution in [0.1, 0.15) is 57.8 Å². The van der Waals surface area contributed by atoms with Crippen molar-refractivity contribution in [3.63, 3.8) is 0 Å². The van der Waals surface area contributed by atoms with Gasteiger partial charge in [0.05, 0.1) is 32.2 Å². The first-order chi connectivity index (χ1) is 12.8. The molecule has 3 saturated heterocycles. The van der Waals surface area contributed by atoms with E-state index in [1.165, 1.54) is 51.4 Å². The zero-order valence-corrected chi connectivity index (χ0v) is 16.5. The Labute approximate surface area is 159 Å². The van der Waals surface area contributed by atoms with Crippen molar-refractivity contribution in [1.82, 2.24) is 14.7 Å². The Bertz CT molecular complexity index is 343. The highest BCUT2D eigenvalue weighted by Crippen LogP contribution is 2.19. The summed E-state index contributed by atoms with van der Waals surface area (Å²) in [6, 6.07) is 0. The van der Waals surface area contributed by atoms with Gasteiger partial charge in [-0.1, -0.05) is 0 Å². The molecule has 3 fully saturated rings. The van der Waals surface area contributed by atoms with Crippen LogP contribution in [0, 0.1) is 0 Å². The molecule has 2 atom stereocenters. The molecule has 3 aliphatic rings. The van der Waals surface area contributed by atoms with Crippen LogP contribution in [0.5, 0.6) is 0 Å². The normalized spacial score (nSPS) is 29.0. The number of hydrogen-bond acceptors (Lipinski definition) is 6. The molecular weight excluding hydrogens is 330 g/mol. The van der Waals surface area contributed by atoms with Gasteiger partial charge in [0.2, 0.25) is 0 Å². The summed E-state index contributed by atoms with van der Waals surface area (Å²) in [6.45, 7) is 8.64. The zero-order valence-electron chi connectivity index (χ0n) is 16.5. The second-order valence-electron chi connectivity index (χ2n) is 8.24. The second-order valence-corrected chi connectivity index (χ2v) is 8.24. The Kier molecular flexibility index (Phi) is 9.12. The van der Waals surface area contributed by atoms with Gasteiger partial charge in [-0.05, 0) is 57.8 Å². The minimum Gasteiger partial charge on any atom is -0.396 e. The van der Waals surface area contributed by atoms with Gasteiger partial charge >= 0.3 is 0 Å². The molecule has 0 saturated carbocycles. The lowest BCUT2D eigenvalue weighted by molar-refractivity contribution is -0.0349. The number of rotatable bonds is 11. The third kappa shape index (κ3) is 7.06. The Morgan fingerprint density at radius 1 is 0.692 bits per heavy atom. The number of hydrogen-bond donors (Lipinski definition) is 1. The predicted molar refractivity (Wildman–Crippen MR) is 103 cm³/mol. The van der Waals surface area contributed by atoms with E-state index in [9.17, 15) is 5.11 Å². The minimum atomic E-state index is 0.286. The molecule has 2 unspecified atom stereocenters. The molecule has 3 heterocycles. The maximum Gasteiger partial charge on any atom is 0.0576 e. The van der Waals surface area contributed by atoms with Crippen molar-refractivity contribution >= 4 is 0 Å². The Morgan fingerprint density at radius 2 is 1.15 bits per heavy atom. The zero-order chi connectivity index (χ0) is 18.0. The molecule has 0 spiro atoms. The minimum absolute atomic E-state index is 0.286. The predicted octanol–water partition coefficient (Wildman–Crippen LogP) is 2.08. The summed E-state index contributed by atoms with van der Waals surface area (Å²) >= 11 is 0. The first kappa shape index (κ1) is 20.5. The maximum absolute atomic E-state index is 9.17. The summed E-state index contributed by atoms with van der Waals surface area (Å²) in [6.07, 6.45) is 11.7. The van der Waals surface area contributed by atoms with Crippen LogP contribution in [0.2, 0.25) is 0 Å². The van der Waals surface area contributed by atoms with Crippen molar-refractivity contribution in [3.05, 3.63) is 0 Å². The van der Waals surface area contributed by atoms with Gasteiger partial charge in [-0.25, -0.2) is 0 Å². The monoisotopic (exact) mass is 369 g/mol. The van der Waals surface area contributed by atoms with E-state index < -0.39 is 0 Å². The van der Waals surface area contributed by atoms with Crippen molar-refractivity contribution in [3.8, 4) is 0 Å². The van der Waals surface area contributed by atoms with Crippen LogP contribution in [-0.2, 0) is 9.47 Å². The molecule has 0 amide bonds. The van der Waals surface area contributed by atoms with E-state index in [0.29, 0.717) is 12.2 Å². The molecule has 3 rings (SSSR count). The highest BCUT2D eigenvalue weighted by atomic mass is 16.5. The van der Waals surface area contributed by atoms with E-state index in [4.69, 9.17) is 9.47 Å². The third-order valence-electron chi connectivity index (χ3n) is 5.88. The van der Waals surface area contributed by atoms with Crippen LogP contribution < -0.4 is 0 Å². The molecule has 0 bridgehead atoms. The largest absolute Gasteiger partial charge is 0.396 e. The Hall–Kier alpha value is -0.240. The molecule has 26 heavy (non-hydrogen) atoms. The van der Waals surface area contributed by atoms with E-state index in [-0.39, 0.29) is 6.61 Å². The molecule has 0 radical (unpaired) electrons. The highest BCUT2D eigenvalue weighted by Gasteiger charge is 2.24. The molecule has 0 aromatic rings. The molecule has 6 heteroatoms. The number of nitrogens with zero attached hydrogens (tertiary/aromatic N) is 3. The van der Waals surface area contributed by atoms with Crippen LogP contribution >= 0.6 is 0 Å². The van der Waals surface area contributed by atoms with Gasteiger partial charge in [-0.2, -0.15) is 0 Å². The van der Waals surface area contributed by atoms with Gasteiger partial charge in [0.1, 0.15) is 0 Å². The van der Waals surface area contributed by atoms with Crippen molar-refractivity contribution < 1.29 is 14.6 Å². The van der Waals surface area contributed by atoms with Crippen LogP contribution in [0.25, 0.3) is 0 Å². The quantitative estimate of drug-likeness (QED) is 0.602. The Balaban J connectivity index is 1.38. The molecular formula is C20H39N3O3. The van der Waals surface area contributed by atoms with Crippen LogP contribution in [0.15, 0.2) is 0 Å². The summed E-state index contributed by atoms with van der Waals surface area (Å²) in [7, 11) is 0. The maximum atomic E-state index is 9.17. The molecule has 1 N–H and O–H groups in total. The fourth-order valence-corrected chi connectivity index (χ4v) is 4.53. The van der Waals surface area contributed by atoms with E-state index in [1.807, 2.05) is 0 Å². The second kappa shape index (κ2) is 11.6. The SMILES string of the molecule is OCCCN1CN(CCCC2CCCO2)CN(CCCC2CCCO2)C1. The summed E-state index contributed by atoms with van der Waals surface area (Å²) < 4.78 is 11.5. The first-order valence-electron chi connectivity index (χ1n) is 10.8. The van der Waals surface area contributed by atoms with Gasteiger partial charge in [-0.3, -0.25) is 14.7 Å². The standard InChI is InChI=1S/C20H39N3O3/c24-13-5-12-23-17-21(10-1-6-19-8-3-14-25-19)16-22(18-23)11-2-7-20-9-4-15-26-20/h19-20,24H,1-18H2. The summed E-state index contributed by atoms with van der Waals surface area (Å²) in [5, 5.41) is 9.17. The molecule has 6 nitrogen and oxygen atoms in total. The topological polar surface area (TPSA) is 48.4 Å². The lowest BCUT2D eigenvalue weighted by atomic mass is 10.1. The first-order valence-corrected chi connectivity index (χ1v) is 10.8. The average Bonchev–Trinajstić information content (AvgIpc) is 3.34. The van der Waals surface area contributed by atoms with Crippen LogP contribution in [-0.4, -0.2) is 91.5 Å². The number of aliphatic hydroxyl groups excluding tert-OH is 1. The van der Waals surface area contributed by atoms with E-state index >= 15 is 0 Å². The fraction of sp³-hybridized carbons (Fsp3) is 1.00. The van der Waals surface area contributed by atoms with Crippen molar-refractivity contribution in [2.75, 3.05) is 59.5 Å². The Morgan fingerprint density at radius 3 is 1.54 bits per heavy atom. The van der Waals surface area contributed by atoms with E-state index in [0.717, 1.165) is 59.3 Å². The fourth-order valence-electron chi connectivity index (χ4n) is 4.53. The molecule has 152 valence electrons. The lowest BCUT2D eigenvalue weighted by Gasteiger charge is -2.42. The van der Waals surface area contributed by atoms with Gasteiger partial charge < -0.3 is 14.6 Å². The summed E-state index contributed by atoms with van der Waals surface area (Å²) in [5.74, 6) is 0. The van der Waals surface area contributed by atoms with Crippen molar-refractivity contribution in [1.29, 1.82) is 0 Å². The highest BCUT2D eigenvalue weighted by molar-refractivity contribution is 4.73. The van der Waals surface area contributed by atoms with Crippen LogP contribution in [0.4, 0.5) is 0 Å². The van der Waals surface area contributed by atoms with Crippen molar-refractivity contribution in [2.45, 2.75) is 70.0 Å². The number of ether oxygens (including phenoxy) is 2. The molecule has 0 aromatic heterocycles. The molecule has 0 aliphatic carbocycles. The summed E-state index contributed by atoms with van der Waals surface area (Å²) in [5.41, 5.74) is 0. The van der Waals surface area contributed by atoms with E-state index in [2.05, 4.69) is 14.7 Å². The lowest BCUT2D eigenvalue weighted by Crippen LogP contribution is -2.55.